The van der Waals surface area contributed by atoms with Gasteiger partial charge in [0.1, 0.15) is 0 Å². The Hall–Kier alpha value is -1.35. The van der Waals surface area contributed by atoms with E-state index in [4.69, 9.17) is 61.0 Å². The molecule has 0 fully saturated rings. The van der Waals surface area contributed by atoms with Crippen LogP contribution in [-0.4, -0.2) is 174 Å². The van der Waals surface area contributed by atoms with E-state index in [0.717, 1.165) is 18.6 Å². The Morgan fingerprint density at radius 2 is 0.673 bits per heavy atom. The quantitative estimate of drug-likeness (QED) is 0.0708. The molecule has 1 atom stereocenters. The average molecular weight is 771 g/mol. The summed E-state index contributed by atoms with van der Waals surface area (Å²) in [7, 11) is -3.78. The maximum absolute atomic E-state index is 12.1. The highest BCUT2D eigenvalue weighted by molar-refractivity contribution is 7.86. The highest BCUT2D eigenvalue weighted by Gasteiger charge is 2.14. The van der Waals surface area contributed by atoms with E-state index in [9.17, 15) is 8.42 Å². The van der Waals surface area contributed by atoms with Gasteiger partial charge in [-0.3, -0.25) is 4.18 Å². The van der Waals surface area contributed by atoms with Gasteiger partial charge in [-0.15, -0.1) is 0 Å². The SMILES string of the molecule is CCC(C)COCCOCCOCCOCCOCCOCCOCCOCCOCCOCCOCCOCCOS(=O)(=O)c1ccc(C)cc1. The van der Waals surface area contributed by atoms with Crippen molar-refractivity contribution >= 4 is 10.1 Å². The van der Waals surface area contributed by atoms with Crippen molar-refractivity contribution in [1.29, 1.82) is 0 Å². The Bertz CT molecular complexity index is 984. The van der Waals surface area contributed by atoms with Gasteiger partial charge >= 0.3 is 0 Å². The van der Waals surface area contributed by atoms with Crippen molar-refractivity contribution in [3.8, 4) is 0 Å². The highest BCUT2D eigenvalue weighted by atomic mass is 32.2. The maximum Gasteiger partial charge on any atom is 0.297 e. The molecule has 0 saturated carbocycles. The van der Waals surface area contributed by atoms with Gasteiger partial charge in [0, 0.05) is 6.61 Å². The number of rotatable bonds is 41. The van der Waals surface area contributed by atoms with Crippen LogP contribution in [0.3, 0.4) is 0 Å². The summed E-state index contributed by atoms with van der Waals surface area (Å²) >= 11 is 0. The van der Waals surface area contributed by atoms with Crippen molar-refractivity contribution in [1.82, 2.24) is 0 Å². The van der Waals surface area contributed by atoms with Crippen LogP contribution in [-0.2, 0) is 71.1 Å². The molecule has 0 aliphatic heterocycles. The molecular formula is C36H66O15S. The molecule has 1 rings (SSSR count). The predicted molar refractivity (Wildman–Crippen MR) is 194 cm³/mol. The summed E-state index contributed by atoms with van der Waals surface area (Å²) in [6, 6.07) is 6.48. The Balaban J connectivity index is 1.66. The van der Waals surface area contributed by atoms with Crippen molar-refractivity contribution in [2.24, 2.45) is 5.92 Å². The normalized spacial score (nSPS) is 12.5. The largest absolute Gasteiger partial charge is 0.379 e. The van der Waals surface area contributed by atoms with Gasteiger partial charge in [-0.2, -0.15) is 8.42 Å². The van der Waals surface area contributed by atoms with Crippen molar-refractivity contribution in [3.63, 3.8) is 0 Å². The summed E-state index contributed by atoms with van der Waals surface area (Å²) in [5, 5.41) is 0. The van der Waals surface area contributed by atoms with E-state index in [1.165, 1.54) is 12.1 Å². The zero-order valence-electron chi connectivity index (χ0n) is 31.8. The zero-order valence-corrected chi connectivity index (χ0v) is 32.6. The lowest BCUT2D eigenvalue weighted by atomic mass is 10.1. The fraction of sp³-hybridized carbons (Fsp3) is 0.833. The van der Waals surface area contributed by atoms with Crippen LogP contribution < -0.4 is 0 Å². The van der Waals surface area contributed by atoms with Crippen molar-refractivity contribution in [2.75, 3.05) is 165 Å². The second-order valence-electron chi connectivity index (χ2n) is 11.4. The molecule has 0 radical (unpaired) electrons. The lowest BCUT2D eigenvalue weighted by Gasteiger charge is -2.10. The summed E-state index contributed by atoms with van der Waals surface area (Å²) in [5.74, 6) is 0.590. The molecule has 52 heavy (non-hydrogen) atoms. The second kappa shape index (κ2) is 36.6. The van der Waals surface area contributed by atoms with E-state index in [1.807, 2.05) is 6.92 Å². The average Bonchev–Trinajstić information content (AvgIpc) is 3.14. The van der Waals surface area contributed by atoms with Crippen LogP contribution in [0.5, 0.6) is 0 Å². The molecule has 0 amide bonds. The first-order valence-corrected chi connectivity index (χ1v) is 19.8. The summed E-state index contributed by atoms with van der Waals surface area (Å²) < 4.78 is 94.7. The van der Waals surface area contributed by atoms with Crippen LogP contribution in [0.1, 0.15) is 25.8 Å². The molecule has 16 heteroatoms. The predicted octanol–water partition coefficient (Wildman–Crippen LogP) is 2.95. The molecule has 306 valence electrons. The van der Waals surface area contributed by atoms with Gasteiger partial charge < -0.3 is 56.8 Å². The molecule has 0 N–H and O–H groups in total. The monoisotopic (exact) mass is 770 g/mol. The van der Waals surface area contributed by atoms with Gasteiger partial charge in [0.05, 0.1) is 163 Å². The van der Waals surface area contributed by atoms with Crippen LogP contribution in [0.2, 0.25) is 0 Å². The van der Waals surface area contributed by atoms with Crippen LogP contribution in [0.25, 0.3) is 0 Å². The molecule has 1 unspecified atom stereocenters. The van der Waals surface area contributed by atoms with E-state index in [-0.39, 0.29) is 18.1 Å². The standard InChI is InChI=1S/C36H66O15S/c1-4-34(2)33-50-30-29-48-26-25-46-22-21-44-18-17-42-14-13-40-10-9-39-11-12-41-15-16-43-19-20-45-23-24-47-27-28-49-31-32-51-52(37,38)36-7-5-35(3)6-8-36/h5-8,34H,4,9-33H2,1-3H3. The van der Waals surface area contributed by atoms with Crippen LogP contribution in [0.15, 0.2) is 29.2 Å². The van der Waals surface area contributed by atoms with Gasteiger partial charge in [-0.25, -0.2) is 0 Å². The van der Waals surface area contributed by atoms with Crippen molar-refractivity contribution in [2.45, 2.75) is 32.1 Å². The molecule has 0 aliphatic rings. The topological polar surface area (TPSA) is 154 Å². The smallest absolute Gasteiger partial charge is 0.297 e. The first-order chi connectivity index (χ1) is 25.5. The zero-order chi connectivity index (χ0) is 37.6. The minimum absolute atomic E-state index is 0.0604. The summed E-state index contributed by atoms with van der Waals surface area (Å²) in [4.78, 5) is 0.127. The number of hydrogen-bond donors (Lipinski definition) is 0. The highest BCUT2D eigenvalue weighted by Crippen LogP contribution is 2.13. The fourth-order valence-corrected chi connectivity index (χ4v) is 4.69. The van der Waals surface area contributed by atoms with E-state index >= 15 is 0 Å². The Morgan fingerprint density at radius 3 is 0.942 bits per heavy atom. The minimum atomic E-state index is -3.78. The molecule has 0 spiro atoms. The third-order valence-corrected chi connectivity index (χ3v) is 8.29. The molecule has 0 bridgehead atoms. The van der Waals surface area contributed by atoms with Crippen molar-refractivity contribution < 1.29 is 69.4 Å². The first-order valence-electron chi connectivity index (χ1n) is 18.3. The third-order valence-electron chi connectivity index (χ3n) is 6.97. The Labute approximate surface area is 312 Å². The van der Waals surface area contributed by atoms with E-state index in [0.29, 0.717) is 151 Å². The summed E-state index contributed by atoms with van der Waals surface area (Å²) in [5.41, 5.74) is 0.975. The van der Waals surface area contributed by atoms with E-state index < -0.39 is 10.1 Å². The maximum atomic E-state index is 12.1. The molecule has 0 saturated heterocycles. The lowest BCUT2D eigenvalue weighted by molar-refractivity contribution is -0.0287. The lowest BCUT2D eigenvalue weighted by Crippen LogP contribution is -2.16. The van der Waals surface area contributed by atoms with Crippen molar-refractivity contribution in [3.05, 3.63) is 29.8 Å². The van der Waals surface area contributed by atoms with Crippen LogP contribution >= 0.6 is 0 Å². The second-order valence-corrected chi connectivity index (χ2v) is 13.0. The Morgan fingerprint density at radius 1 is 0.423 bits per heavy atom. The molecule has 1 aromatic carbocycles. The molecule has 0 heterocycles. The molecule has 1 aromatic rings. The van der Waals surface area contributed by atoms with E-state index in [2.05, 4.69) is 13.8 Å². The van der Waals surface area contributed by atoms with Gasteiger partial charge in [0.15, 0.2) is 0 Å². The summed E-state index contributed by atoms with van der Waals surface area (Å²) in [6.45, 7) is 17.8. The van der Waals surface area contributed by atoms with Gasteiger partial charge in [0.25, 0.3) is 10.1 Å². The van der Waals surface area contributed by atoms with E-state index in [1.54, 1.807) is 12.1 Å². The molecule has 0 aliphatic carbocycles. The molecular weight excluding hydrogens is 704 g/mol. The number of ether oxygens (including phenoxy) is 12. The molecule has 0 aromatic heterocycles. The van der Waals surface area contributed by atoms with Gasteiger partial charge in [-0.05, 0) is 25.0 Å². The number of hydrogen-bond acceptors (Lipinski definition) is 15. The fourth-order valence-electron chi connectivity index (χ4n) is 3.80. The number of aryl methyl sites for hydroxylation is 1. The van der Waals surface area contributed by atoms with Gasteiger partial charge in [0.2, 0.25) is 0 Å². The van der Waals surface area contributed by atoms with Gasteiger partial charge in [-0.1, -0.05) is 38.0 Å². The molecule has 15 nitrogen and oxygen atoms in total. The van der Waals surface area contributed by atoms with Crippen LogP contribution in [0, 0.1) is 12.8 Å². The third kappa shape index (κ3) is 32.1. The Kier molecular flexibility index (Phi) is 34.3. The summed E-state index contributed by atoms with van der Waals surface area (Å²) in [6.07, 6.45) is 1.13. The first kappa shape index (κ1) is 48.7. The number of benzene rings is 1. The minimum Gasteiger partial charge on any atom is -0.379 e. The van der Waals surface area contributed by atoms with Crippen LogP contribution in [0.4, 0.5) is 0 Å².